The molecule has 0 spiro atoms. The van der Waals surface area contributed by atoms with E-state index in [-0.39, 0.29) is 6.10 Å². The van der Waals surface area contributed by atoms with Crippen LogP contribution >= 0.6 is 0 Å². The molecule has 0 aromatic carbocycles. The second-order valence-electron chi connectivity index (χ2n) is 4.67. The summed E-state index contributed by atoms with van der Waals surface area (Å²) in [6, 6.07) is 0. The summed E-state index contributed by atoms with van der Waals surface area (Å²) < 4.78 is 1.70. The van der Waals surface area contributed by atoms with Crippen LogP contribution in [0.2, 0.25) is 0 Å². The van der Waals surface area contributed by atoms with Gasteiger partial charge in [0.15, 0.2) is 5.82 Å². The summed E-state index contributed by atoms with van der Waals surface area (Å²) in [7, 11) is 1.85. The van der Waals surface area contributed by atoms with Crippen molar-refractivity contribution in [1.82, 2.24) is 9.78 Å². The van der Waals surface area contributed by atoms with E-state index in [4.69, 9.17) is 5.73 Å². The van der Waals surface area contributed by atoms with Crippen molar-refractivity contribution >= 4 is 11.5 Å². The molecule has 0 saturated heterocycles. The van der Waals surface area contributed by atoms with E-state index in [0.717, 1.165) is 31.6 Å². The number of aromatic nitrogens is 2. The van der Waals surface area contributed by atoms with Crippen LogP contribution < -0.4 is 11.1 Å². The number of aryl methyl sites for hydroxylation is 1. The quantitative estimate of drug-likeness (QED) is 0.715. The van der Waals surface area contributed by atoms with Crippen molar-refractivity contribution < 1.29 is 5.11 Å². The largest absolute Gasteiger partial charge is 0.394 e. The molecule has 2 atom stereocenters. The molecule has 1 aliphatic carbocycles. The molecule has 0 bridgehead atoms. The summed E-state index contributed by atoms with van der Waals surface area (Å²) in [5.41, 5.74) is 6.47. The van der Waals surface area contributed by atoms with Crippen LogP contribution in [-0.2, 0) is 7.05 Å². The molecule has 90 valence electrons. The van der Waals surface area contributed by atoms with Gasteiger partial charge in [-0.05, 0) is 25.2 Å². The van der Waals surface area contributed by atoms with Gasteiger partial charge in [0, 0.05) is 19.8 Å². The Hall–Kier alpha value is -1.23. The molecule has 0 aliphatic heterocycles. The van der Waals surface area contributed by atoms with Gasteiger partial charge in [0.2, 0.25) is 0 Å². The van der Waals surface area contributed by atoms with Gasteiger partial charge in [0.1, 0.15) is 0 Å². The number of nitrogens with two attached hydrogens (primary N) is 1. The highest BCUT2D eigenvalue weighted by Crippen LogP contribution is 2.25. The van der Waals surface area contributed by atoms with Crippen molar-refractivity contribution in [2.24, 2.45) is 13.0 Å². The van der Waals surface area contributed by atoms with Crippen LogP contribution in [0.5, 0.6) is 0 Å². The normalized spacial score (nSPS) is 25.6. The molecule has 1 fully saturated rings. The SMILES string of the molecule is Cn1cc(N)c(NCC2CCCC(O)C2)n1. The second kappa shape index (κ2) is 4.74. The first-order valence-corrected chi connectivity index (χ1v) is 5.86. The monoisotopic (exact) mass is 224 g/mol. The van der Waals surface area contributed by atoms with E-state index in [9.17, 15) is 5.11 Å². The first kappa shape index (κ1) is 11.3. The fourth-order valence-corrected chi connectivity index (χ4v) is 2.33. The van der Waals surface area contributed by atoms with Crippen molar-refractivity contribution in [2.75, 3.05) is 17.6 Å². The average molecular weight is 224 g/mol. The minimum absolute atomic E-state index is 0.123. The van der Waals surface area contributed by atoms with Gasteiger partial charge in [-0.3, -0.25) is 4.68 Å². The first-order valence-electron chi connectivity index (χ1n) is 5.86. The lowest BCUT2D eigenvalue weighted by atomic mass is 9.87. The van der Waals surface area contributed by atoms with Crippen LogP contribution in [0, 0.1) is 5.92 Å². The lowest BCUT2D eigenvalue weighted by molar-refractivity contribution is 0.104. The summed E-state index contributed by atoms with van der Waals surface area (Å²) >= 11 is 0. The summed E-state index contributed by atoms with van der Waals surface area (Å²) in [5.74, 6) is 1.28. The Balaban J connectivity index is 1.85. The molecule has 2 rings (SSSR count). The third kappa shape index (κ3) is 2.66. The van der Waals surface area contributed by atoms with Gasteiger partial charge >= 0.3 is 0 Å². The summed E-state index contributed by atoms with van der Waals surface area (Å²) in [6.45, 7) is 0.846. The molecule has 2 unspecified atom stereocenters. The molecule has 0 amide bonds. The zero-order chi connectivity index (χ0) is 11.5. The van der Waals surface area contributed by atoms with Gasteiger partial charge in [0.25, 0.3) is 0 Å². The fourth-order valence-electron chi connectivity index (χ4n) is 2.33. The standard InChI is InChI=1S/C11H20N4O/c1-15-7-10(12)11(14-15)13-6-8-3-2-4-9(16)5-8/h7-9,16H,2-6,12H2,1H3,(H,13,14). The Kier molecular flexibility index (Phi) is 3.33. The minimum atomic E-state index is -0.123. The zero-order valence-corrected chi connectivity index (χ0v) is 9.69. The van der Waals surface area contributed by atoms with Gasteiger partial charge < -0.3 is 16.2 Å². The molecule has 0 radical (unpaired) electrons. The van der Waals surface area contributed by atoms with Crippen molar-refractivity contribution in [3.8, 4) is 0 Å². The molecule has 16 heavy (non-hydrogen) atoms. The van der Waals surface area contributed by atoms with Gasteiger partial charge in [0.05, 0.1) is 11.8 Å². The molecule has 4 N–H and O–H groups in total. The summed E-state index contributed by atoms with van der Waals surface area (Å²) in [4.78, 5) is 0. The van der Waals surface area contributed by atoms with Crippen molar-refractivity contribution in [1.29, 1.82) is 0 Å². The smallest absolute Gasteiger partial charge is 0.171 e. The summed E-state index contributed by atoms with van der Waals surface area (Å²) in [6.07, 6.45) is 5.80. The predicted octanol–water partition coefficient (Wildman–Crippen LogP) is 0.965. The average Bonchev–Trinajstić information content (AvgIpc) is 2.54. The molecule has 1 aliphatic rings. The lowest BCUT2D eigenvalue weighted by Gasteiger charge is -2.25. The fraction of sp³-hybridized carbons (Fsp3) is 0.727. The second-order valence-corrected chi connectivity index (χ2v) is 4.67. The number of nitrogen functional groups attached to an aromatic ring is 1. The number of aliphatic hydroxyl groups excluding tert-OH is 1. The van der Waals surface area contributed by atoms with E-state index in [0.29, 0.717) is 11.6 Å². The van der Waals surface area contributed by atoms with Crippen molar-refractivity contribution in [2.45, 2.75) is 31.8 Å². The van der Waals surface area contributed by atoms with Gasteiger partial charge in [-0.15, -0.1) is 0 Å². The van der Waals surface area contributed by atoms with E-state index in [1.807, 2.05) is 7.05 Å². The van der Waals surface area contributed by atoms with Crippen LogP contribution in [0.1, 0.15) is 25.7 Å². The third-order valence-electron chi connectivity index (χ3n) is 3.17. The Bertz CT molecular complexity index is 350. The van der Waals surface area contributed by atoms with Crippen LogP contribution in [-0.4, -0.2) is 27.5 Å². The van der Waals surface area contributed by atoms with Crippen molar-refractivity contribution in [3.63, 3.8) is 0 Å². The maximum atomic E-state index is 9.56. The Morgan fingerprint density at radius 1 is 1.62 bits per heavy atom. The van der Waals surface area contributed by atoms with E-state index in [1.54, 1.807) is 10.9 Å². The predicted molar refractivity (Wildman–Crippen MR) is 64.1 cm³/mol. The Morgan fingerprint density at radius 2 is 2.44 bits per heavy atom. The van der Waals surface area contributed by atoms with Crippen LogP contribution in [0.25, 0.3) is 0 Å². The first-order chi connectivity index (χ1) is 7.65. The van der Waals surface area contributed by atoms with Gasteiger partial charge in [-0.25, -0.2) is 0 Å². The van der Waals surface area contributed by atoms with Crippen LogP contribution in [0.15, 0.2) is 6.20 Å². The number of hydrogen-bond acceptors (Lipinski definition) is 4. The van der Waals surface area contributed by atoms with E-state index in [2.05, 4.69) is 10.4 Å². The minimum Gasteiger partial charge on any atom is -0.394 e. The van der Waals surface area contributed by atoms with Crippen molar-refractivity contribution in [3.05, 3.63) is 6.20 Å². The highest BCUT2D eigenvalue weighted by atomic mass is 16.3. The maximum absolute atomic E-state index is 9.56. The number of nitrogens with zero attached hydrogens (tertiary/aromatic N) is 2. The topological polar surface area (TPSA) is 76.1 Å². The molecule has 1 heterocycles. The molecular weight excluding hydrogens is 204 g/mol. The third-order valence-corrected chi connectivity index (χ3v) is 3.17. The Labute approximate surface area is 95.6 Å². The summed E-state index contributed by atoms with van der Waals surface area (Å²) in [5, 5.41) is 17.1. The maximum Gasteiger partial charge on any atom is 0.171 e. The van der Waals surface area contributed by atoms with E-state index < -0.39 is 0 Å². The number of rotatable bonds is 3. The van der Waals surface area contributed by atoms with E-state index in [1.165, 1.54) is 6.42 Å². The van der Waals surface area contributed by atoms with Crippen LogP contribution in [0.3, 0.4) is 0 Å². The molecule has 5 heteroatoms. The number of hydrogen-bond donors (Lipinski definition) is 3. The number of nitrogens with one attached hydrogen (secondary N) is 1. The lowest BCUT2D eigenvalue weighted by Crippen LogP contribution is -2.25. The number of anilines is 2. The molecule has 1 saturated carbocycles. The highest BCUT2D eigenvalue weighted by Gasteiger charge is 2.20. The molecular formula is C11H20N4O. The molecule has 1 aromatic heterocycles. The molecule has 1 aromatic rings. The number of aliphatic hydroxyl groups is 1. The Morgan fingerprint density at radius 3 is 3.06 bits per heavy atom. The van der Waals surface area contributed by atoms with Gasteiger partial charge in [-0.1, -0.05) is 6.42 Å². The van der Waals surface area contributed by atoms with Gasteiger partial charge in [-0.2, -0.15) is 5.10 Å². The molecule has 5 nitrogen and oxygen atoms in total. The van der Waals surface area contributed by atoms with E-state index >= 15 is 0 Å². The zero-order valence-electron chi connectivity index (χ0n) is 9.69. The van der Waals surface area contributed by atoms with Crippen LogP contribution in [0.4, 0.5) is 11.5 Å². The highest BCUT2D eigenvalue weighted by molar-refractivity contribution is 5.59.